The van der Waals surface area contributed by atoms with Gasteiger partial charge in [0.15, 0.2) is 6.29 Å². The third-order valence-corrected chi connectivity index (χ3v) is 3.03. The molecule has 2 aromatic carbocycles. The van der Waals surface area contributed by atoms with Crippen LogP contribution in [0.5, 0.6) is 0 Å². The van der Waals surface area contributed by atoms with Crippen LogP contribution in [-0.2, 0) is 17.9 Å². The highest BCUT2D eigenvalue weighted by atomic mass is 16.1. The second kappa shape index (κ2) is 7.49. The van der Waals surface area contributed by atoms with Gasteiger partial charge in [-0.2, -0.15) is 0 Å². The molecule has 0 unspecified atom stereocenters. The first kappa shape index (κ1) is 13.5. The van der Waals surface area contributed by atoms with Crippen LogP contribution in [0.15, 0.2) is 60.7 Å². The van der Waals surface area contributed by atoms with E-state index in [4.69, 9.17) is 0 Å². The molecular formula is C17H18NO. The largest absolute Gasteiger partial charge is 0.294 e. The van der Waals surface area contributed by atoms with Crippen molar-refractivity contribution in [1.29, 1.82) is 0 Å². The zero-order valence-electron chi connectivity index (χ0n) is 11.0. The van der Waals surface area contributed by atoms with Gasteiger partial charge in [0.05, 0.1) is 0 Å². The molecule has 0 saturated carbocycles. The second-order valence-corrected chi connectivity index (χ2v) is 4.58. The van der Waals surface area contributed by atoms with E-state index in [9.17, 15) is 4.79 Å². The number of hydrogen-bond donors (Lipinski definition) is 0. The maximum absolute atomic E-state index is 10.5. The molecule has 0 bridgehead atoms. The van der Waals surface area contributed by atoms with Gasteiger partial charge >= 0.3 is 0 Å². The Labute approximate surface area is 114 Å². The zero-order valence-corrected chi connectivity index (χ0v) is 11.0. The van der Waals surface area contributed by atoms with E-state index >= 15 is 0 Å². The molecule has 0 N–H and O–H groups in total. The molecule has 2 nitrogen and oxygen atoms in total. The summed E-state index contributed by atoms with van der Waals surface area (Å²) in [6.45, 7) is 2.46. The molecule has 97 valence electrons. The van der Waals surface area contributed by atoms with E-state index in [1.54, 1.807) is 0 Å². The first-order valence-electron chi connectivity index (χ1n) is 6.53. The number of carbonyl (C=O) groups excluding carboxylic acids is 1. The molecule has 0 fully saturated rings. The Morgan fingerprint density at radius 1 is 0.789 bits per heavy atom. The van der Waals surface area contributed by atoms with Crippen LogP contribution in [0.2, 0.25) is 0 Å². The van der Waals surface area contributed by atoms with Crippen LogP contribution in [0, 0.1) is 0 Å². The van der Waals surface area contributed by atoms with Crippen molar-refractivity contribution in [2.24, 2.45) is 0 Å². The molecule has 2 rings (SSSR count). The van der Waals surface area contributed by atoms with Crippen molar-refractivity contribution in [2.75, 3.05) is 6.54 Å². The minimum Gasteiger partial charge on any atom is -0.294 e. The van der Waals surface area contributed by atoms with Crippen LogP contribution in [0.4, 0.5) is 0 Å². The summed E-state index contributed by atoms with van der Waals surface area (Å²) in [4.78, 5) is 12.7. The lowest BCUT2D eigenvalue weighted by Crippen LogP contribution is -2.24. The SMILES string of the molecule is O=[C]CCN(Cc1ccccc1)Cc1ccccc1. The van der Waals surface area contributed by atoms with Gasteiger partial charge in [0.25, 0.3) is 0 Å². The molecule has 0 amide bonds. The van der Waals surface area contributed by atoms with E-state index in [1.807, 2.05) is 42.7 Å². The Morgan fingerprint density at radius 3 is 1.68 bits per heavy atom. The van der Waals surface area contributed by atoms with Gasteiger partial charge < -0.3 is 0 Å². The second-order valence-electron chi connectivity index (χ2n) is 4.58. The standard InChI is InChI=1S/C17H18NO/c19-13-7-12-18(14-16-8-3-1-4-9-16)15-17-10-5-2-6-11-17/h1-6,8-11H,7,12,14-15H2. The summed E-state index contributed by atoms with van der Waals surface area (Å²) in [7, 11) is 0. The molecule has 0 saturated heterocycles. The highest BCUT2D eigenvalue weighted by Gasteiger charge is 2.06. The van der Waals surface area contributed by atoms with Crippen LogP contribution in [0.25, 0.3) is 0 Å². The van der Waals surface area contributed by atoms with Gasteiger partial charge in [0, 0.05) is 26.1 Å². The number of hydrogen-bond acceptors (Lipinski definition) is 2. The molecule has 0 aliphatic rings. The van der Waals surface area contributed by atoms with Gasteiger partial charge in [-0.05, 0) is 11.1 Å². The Kier molecular flexibility index (Phi) is 5.32. The molecule has 1 radical (unpaired) electrons. The molecule has 0 heterocycles. The van der Waals surface area contributed by atoms with Gasteiger partial charge in [-0.15, -0.1) is 0 Å². The van der Waals surface area contributed by atoms with E-state index in [2.05, 4.69) is 29.2 Å². The number of nitrogens with zero attached hydrogens (tertiary/aromatic N) is 1. The Morgan fingerprint density at radius 2 is 1.26 bits per heavy atom. The van der Waals surface area contributed by atoms with E-state index in [-0.39, 0.29) is 0 Å². The average molecular weight is 252 g/mol. The maximum Gasteiger partial charge on any atom is 0.199 e. The summed E-state index contributed by atoms with van der Waals surface area (Å²) >= 11 is 0. The third-order valence-electron chi connectivity index (χ3n) is 3.03. The fourth-order valence-electron chi connectivity index (χ4n) is 2.10. The normalized spacial score (nSPS) is 10.6. The van der Waals surface area contributed by atoms with Crippen molar-refractivity contribution >= 4 is 6.29 Å². The third kappa shape index (κ3) is 4.68. The highest BCUT2D eigenvalue weighted by molar-refractivity contribution is 5.50. The quantitative estimate of drug-likeness (QED) is 0.754. The van der Waals surface area contributed by atoms with Crippen molar-refractivity contribution in [2.45, 2.75) is 19.5 Å². The molecule has 0 atom stereocenters. The molecular weight excluding hydrogens is 234 g/mol. The molecule has 2 aromatic rings. The fraction of sp³-hybridized carbons (Fsp3) is 0.235. The van der Waals surface area contributed by atoms with E-state index in [1.165, 1.54) is 11.1 Å². The van der Waals surface area contributed by atoms with Crippen LogP contribution in [-0.4, -0.2) is 17.7 Å². The van der Waals surface area contributed by atoms with Crippen LogP contribution >= 0.6 is 0 Å². The van der Waals surface area contributed by atoms with Gasteiger partial charge in [-0.1, -0.05) is 60.7 Å². The molecule has 0 aromatic heterocycles. The van der Waals surface area contributed by atoms with Gasteiger partial charge in [-0.3, -0.25) is 9.69 Å². The summed E-state index contributed by atoms with van der Waals surface area (Å²) in [6, 6.07) is 20.7. The molecule has 0 aliphatic heterocycles. The molecule has 19 heavy (non-hydrogen) atoms. The summed E-state index contributed by atoms with van der Waals surface area (Å²) in [5.41, 5.74) is 2.54. The topological polar surface area (TPSA) is 20.3 Å². The summed E-state index contributed by atoms with van der Waals surface area (Å²) in [6.07, 6.45) is 2.44. The van der Waals surface area contributed by atoms with Gasteiger partial charge in [0.2, 0.25) is 0 Å². The van der Waals surface area contributed by atoms with E-state index < -0.39 is 0 Å². The lowest BCUT2D eigenvalue weighted by Gasteiger charge is -2.21. The molecule has 2 heteroatoms. The van der Waals surface area contributed by atoms with Crippen LogP contribution < -0.4 is 0 Å². The summed E-state index contributed by atoms with van der Waals surface area (Å²) in [5.74, 6) is 0. The maximum atomic E-state index is 10.5. The molecule has 0 aliphatic carbocycles. The van der Waals surface area contributed by atoms with Crippen molar-refractivity contribution in [3.63, 3.8) is 0 Å². The Bertz CT molecular complexity index is 440. The minimum atomic E-state index is 0.458. The highest BCUT2D eigenvalue weighted by Crippen LogP contribution is 2.10. The number of benzene rings is 2. The van der Waals surface area contributed by atoms with Gasteiger partial charge in [-0.25, -0.2) is 0 Å². The Hall–Kier alpha value is -1.93. The predicted octanol–water partition coefficient (Wildman–Crippen LogP) is 3.19. The van der Waals surface area contributed by atoms with Crippen LogP contribution in [0.1, 0.15) is 17.5 Å². The fourth-order valence-corrected chi connectivity index (χ4v) is 2.10. The Balaban J connectivity index is 2.01. The smallest absolute Gasteiger partial charge is 0.199 e. The first-order chi connectivity index (χ1) is 9.38. The van der Waals surface area contributed by atoms with Crippen LogP contribution in [0.3, 0.4) is 0 Å². The molecule has 0 spiro atoms. The summed E-state index contributed by atoms with van der Waals surface area (Å²) in [5, 5.41) is 0. The van der Waals surface area contributed by atoms with Crippen molar-refractivity contribution in [1.82, 2.24) is 4.90 Å². The monoisotopic (exact) mass is 252 g/mol. The van der Waals surface area contributed by atoms with Crippen molar-refractivity contribution in [3.05, 3.63) is 71.8 Å². The van der Waals surface area contributed by atoms with Gasteiger partial charge in [0.1, 0.15) is 0 Å². The lowest BCUT2D eigenvalue weighted by atomic mass is 10.1. The minimum absolute atomic E-state index is 0.458. The predicted molar refractivity (Wildman–Crippen MR) is 77.3 cm³/mol. The average Bonchev–Trinajstić information content (AvgIpc) is 2.47. The van der Waals surface area contributed by atoms with Crippen molar-refractivity contribution < 1.29 is 4.79 Å². The van der Waals surface area contributed by atoms with Crippen molar-refractivity contribution in [3.8, 4) is 0 Å². The first-order valence-corrected chi connectivity index (χ1v) is 6.53. The summed E-state index contributed by atoms with van der Waals surface area (Å²) < 4.78 is 0. The zero-order chi connectivity index (χ0) is 13.3. The van der Waals surface area contributed by atoms with E-state index in [0.717, 1.165) is 19.6 Å². The number of rotatable bonds is 7. The lowest BCUT2D eigenvalue weighted by molar-refractivity contribution is 0.263. The van der Waals surface area contributed by atoms with E-state index in [0.29, 0.717) is 6.42 Å².